The number of rotatable bonds is 10. The fraction of sp³-hybridized carbons (Fsp3) is 0.667. The van der Waals surface area contributed by atoms with Crippen molar-refractivity contribution in [2.75, 3.05) is 14.1 Å². The Morgan fingerprint density at radius 1 is 1.24 bits per heavy atom. The van der Waals surface area contributed by atoms with Crippen molar-refractivity contribution in [2.24, 2.45) is 11.5 Å². The van der Waals surface area contributed by atoms with Gasteiger partial charge in [0.05, 0.1) is 17.8 Å². The maximum absolute atomic E-state index is 11.1. The van der Waals surface area contributed by atoms with Crippen LogP contribution in [0, 0.1) is 0 Å². The number of carbonyl (C=O) groups excluding carboxylic acids is 2. The van der Waals surface area contributed by atoms with E-state index in [1.165, 1.54) is 0 Å². The van der Waals surface area contributed by atoms with Gasteiger partial charge in [0.2, 0.25) is 11.8 Å². The summed E-state index contributed by atoms with van der Waals surface area (Å²) in [5.74, 6) is -0.791. The number of nitrogens with one attached hydrogen (secondary N) is 2. The van der Waals surface area contributed by atoms with E-state index in [1.807, 2.05) is 0 Å². The quantitative estimate of drug-likeness (QED) is 0.384. The third-order valence-electron chi connectivity index (χ3n) is 3.26. The van der Waals surface area contributed by atoms with Gasteiger partial charge in [-0.2, -0.15) is 0 Å². The molecule has 0 saturated heterocycles. The molecule has 0 spiro atoms. The molecule has 0 saturated carbocycles. The Balaban J connectivity index is 2.45. The summed E-state index contributed by atoms with van der Waals surface area (Å²) in [6.45, 7) is 0.624. The topological polar surface area (TPSA) is 141 Å². The van der Waals surface area contributed by atoms with Gasteiger partial charge < -0.3 is 22.1 Å². The zero-order valence-electron chi connectivity index (χ0n) is 12.4. The van der Waals surface area contributed by atoms with E-state index < -0.39 is 11.9 Å². The lowest BCUT2D eigenvalue weighted by Gasteiger charge is -2.11. The van der Waals surface area contributed by atoms with Gasteiger partial charge in [0.15, 0.2) is 0 Å². The number of carbonyl (C=O) groups is 2. The van der Waals surface area contributed by atoms with Crippen molar-refractivity contribution in [3.05, 3.63) is 11.9 Å². The van der Waals surface area contributed by atoms with Crippen LogP contribution in [-0.2, 0) is 22.6 Å². The van der Waals surface area contributed by atoms with Crippen molar-refractivity contribution in [2.45, 2.75) is 37.9 Å². The van der Waals surface area contributed by atoms with Gasteiger partial charge >= 0.3 is 0 Å². The van der Waals surface area contributed by atoms with Gasteiger partial charge in [0.25, 0.3) is 0 Å². The van der Waals surface area contributed by atoms with E-state index in [1.54, 1.807) is 25.0 Å². The number of primary amides is 2. The highest BCUT2D eigenvalue weighted by Crippen LogP contribution is 2.02. The Kier molecular flexibility index (Phi) is 6.76. The predicted molar refractivity (Wildman–Crippen MR) is 77.0 cm³/mol. The normalized spacial score (nSPS) is 13.8. The second-order valence-electron chi connectivity index (χ2n) is 4.81. The molecule has 2 unspecified atom stereocenters. The van der Waals surface area contributed by atoms with Crippen molar-refractivity contribution in [3.8, 4) is 0 Å². The van der Waals surface area contributed by atoms with E-state index in [0.717, 1.165) is 6.42 Å². The van der Waals surface area contributed by atoms with E-state index in [-0.39, 0.29) is 11.9 Å². The van der Waals surface area contributed by atoms with Crippen molar-refractivity contribution < 1.29 is 9.59 Å². The van der Waals surface area contributed by atoms with Gasteiger partial charge in [-0.3, -0.25) is 14.3 Å². The third kappa shape index (κ3) is 5.48. The summed E-state index contributed by atoms with van der Waals surface area (Å²) in [6.07, 6.45) is 3.53. The Hall–Kier alpha value is -2.00. The highest BCUT2D eigenvalue weighted by molar-refractivity contribution is 5.80. The number of nitrogens with zero attached hydrogens (tertiary/aromatic N) is 3. The van der Waals surface area contributed by atoms with Crippen LogP contribution in [0.3, 0.4) is 0 Å². The molecule has 9 nitrogen and oxygen atoms in total. The first-order valence-corrected chi connectivity index (χ1v) is 6.80. The molecule has 21 heavy (non-hydrogen) atoms. The molecule has 0 aromatic carbocycles. The number of amides is 2. The van der Waals surface area contributed by atoms with Gasteiger partial charge in [-0.1, -0.05) is 5.21 Å². The predicted octanol–water partition coefficient (Wildman–Crippen LogP) is -2.25. The number of hydrogen-bond acceptors (Lipinski definition) is 6. The van der Waals surface area contributed by atoms with Crippen LogP contribution in [0.1, 0.15) is 18.5 Å². The van der Waals surface area contributed by atoms with Gasteiger partial charge in [-0.15, -0.1) is 5.10 Å². The number of hydrogen-bond donors (Lipinski definition) is 4. The molecule has 6 N–H and O–H groups in total. The summed E-state index contributed by atoms with van der Waals surface area (Å²) in [4.78, 5) is 22.2. The number of aryl methyl sites for hydroxylation is 1. The third-order valence-corrected chi connectivity index (χ3v) is 3.26. The van der Waals surface area contributed by atoms with Crippen LogP contribution in [0.25, 0.3) is 0 Å². The average Bonchev–Trinajstić information content (AvgIpc) is 2.87. The lowest BCUT2D eigenvalue weighted by atomic mass is 10.1. The molecule has 0 bridgehead atoms. The summed E-state index contributed by atoms with van der Waals surface area (Å²) in [5.41, 5.74) is 11.2. The van der Waals surface area contributed by atoms with Crippen LogP contribution in [0.2, 0.25) is 0 Å². The minimum atomic E-state index is -0.460. The van der Waals surface area contributed by atoms with Crippen molar-refractivity contribution in [1.29, 1.82) is 0 Å². The minimum Gasteiger partial charge on any atom is -0.368 e. The van der Waals surface area contributed by atoms with Gasteiger partial charge in [-0.25, -0.2) is 0 Å². The lowest BCUT2D eigenvalue weighted by molar-refractivity contribution is -0.120. The van der Waals surface area contributed by atoms with E-state index in [4.69, 9.17) is 11.5 Å². The van der Waals surface area contributed by atoms with Crippen LogP contribution in [0.4, 0.5) is 0 Å². The molecular weight excluding hydrogens is 274 g/mol. The monoisotopic (exact) mass is 297 g/mol. The van der Waals surface area contributed by atoms with Crippen LogP contribution < -0.4 is 22.1 Å². The molecule has 0 aliphatic rings. The first kappa shape index (κ1) is 17.1. The molecule has 2 atom stereocenters. The number of aromatic nitrogens is 3. The van der Waals surface area contributed by atoms with Crippen LogP contribution in [0.5, 0.6) is 0 Å². The van der Waals surface area contributed by atoms with E-state index >= 15 is 0 Å². The summed E-state index contributed by atoms with van der Waals surface area (Å²) in [7, 11) is 3.37. The maximum atomic E-state index is 11.1. The summed E-state index contributed by atoms with van der Waals surface area (Å²) >= 11 is 0. The fourth-order valence-corrected chi connectivity index (χ4v) is 1.98. The minimum absolute atomic E-state index is 0.337. The first-order valence-electron chi connectivity index (χ1n) is 6.80. The zero-order chi connectivity index (χ0) is 15.8. The summed E-state index contributed by atoms with van der Waals surface area (Å²) < 4.78 is 1.68. The SMILES string of the molecule is CNC(CCCn1cc(CC(NC)C(N)=O)nn1)C(N)=O. The second kappa shape index (κ2) is 8.32. The molecule has 1 aromatic rings. The summed E-state index contributed by atoms with van der Waals surface area (Å²) in [5, 5.41) is 13.7. The molecule has 1 aromatic heterocycles. The summed E-state index contributed by atoms with van der Waals surface area (Å²) in [6, 6.07) is -0.796. The standard InChI is InChI=1S/C12H23N7O2/c1-15-9(11(13)20)4-3-5-19-7-8(17-18-19)6-10(16-2)12(14)21/h7,9-10,15-16H,3-6H2,1-2H3,(H2,13,20)(H2,14,21). The molecular formula is C12H23N7O2. The maximum Gasteiger partial charge on any atom is 0.234 e. The van der Waals surface area contributed by atoms with Gasteiger partial charge in [-0.05, 0) is 26.9 Å². The molecule has 9 heteroatoms. The number of nitrogens with two attached hydrogens (primary N) is 2. The molecule has 118 valence electrons. The average molecular weight is 297 g/mol. The Morgan fingerprint density at radius 3 is 2.38 bits per heavy atom. The van der Waals surface area contributed by atoms with Crippen LogP contribution in [-0.4, -0.2) is 53.0 Å². The van der Waals surface area contributed by atoms with Crippen molar-refractivity contribution in [3.63, 3.8) is 0 Å². The molecule has 0 aliphatic carbocycles. The Bertz CT molecular complexity index is 474. The van der Waals surface area contributed by atoms with Crippen LogP contribution in [0.15, 0.2) is 6.20 Å². The molecule has 0 fully saturated rings. The molecule has 2 amide bonds. The molecule has 1 rings (SSSR count). The number of likely N-dealkylation sites (N-methyl/N-ethyl adjacent to an activating group) is 2. The fourth-order valence-electron chi connectivity index (χ4n) is 1.98. The van der Waals surface area contributed by atoms with Gasteiger partial charge in [0, 0.05) is 19.2 Å². The van der Waals surface area contributed by atoms with Crippen molar-refractivity contribution >= 4 is 11.8 Å². The van der Waals surface area contributed by atoms with Crippen LogP contribution >= 0.6 is 0 Å². The highest BCUT2D eigenvalue weighted by atomic mass is 16.1. The smallest absolute Gasteiger partial charge is 0.234 e. The van der Waals surface area contributed by atoms with E-state index in [0.29, 0.717) is 25.1 Å². The Morgan fingerprint density at radius 2 is 1.86 bits per heavy atom. The zero-order valence-corrected chi connectivity index (χ0v) is 12.4. The van der Waals surface area contributed by atoms with Gasteiger partial charge in [0.1, 0.15) is 0 Å². The van der Waals surface area contributed by atoms with Crippen molar-refractivity contribution in [1.82, 2.24) is 25.6 Å². The largest absolute Gasteiger partial charge is 0.368 e. The van der Waals surface area contributed by atoms with E-state index in [2.05, 4.69) is 20.9 Å². The molecule has 1 heterocycles. The Labute approximate surface area is 123 Å². The highest BCUT2D eigenvalue weighted by Gasteiger charge is 2.16. The molecule has 0 aliphatic heterocycles. The lowest BCUT2D eigenvalue weighted by Crippen LogP contribution is -2.40. The van der Waals surface area contributed by atoms with E-state index in [9.17, 15) is 9.59 Å². The second-order valence-corrected chi connectivity index (χ2v) is 4.81. The first-order chi connectivity index (χ1) is 9.97. The molecule has 0 radical (unpaired) electrons.